The van der Waals surface area contributed by atoms with E-state index in [1.54, 1.807) is 6.92 Å². The van der Waals surface area contributed by atoms with E-state index in [-0.39, 0.29) is 18.2 Å². The van der Waals surface area contributed by atoms with Crippen LogP contribution in [0, 0.1) is 5.82 Å². The number of halogens is 1. The second kappa shape index (κ2) is 7.35. The van der Waals surface area contributed by atoms with E-state index in [2.05, 4.69) is 10.5 Å². The van der Waals surface area contributed by atoms with E-state index >= 15 is 0 Å². The summed E-state index contributed by atoms with van der Waals surface area (Å²) >= 11 is 0. The summed E-state index contributed by atoms with van der Waals surface area (Å²) < 4.78 is 22.5. The molecule has 0 unspecified atom stereocenters. The maximum absolute atomic E-state index is 12.8. The van der Waals surface area contributed by atoms with E-state index in [9.17, 15) is 14.0 Å². The van der Waals surface area contributed by atoms with Gasteiger partial charge in [-0.1, -0.05) is 5.16 Å². The summed E-state index contributed by atoms with van der Waals surface area (Å²) in [6.07, 6.45) is 0.374. The van der Waals surface area contributed by atoms with Gasteiger partial charge in [-0.05, 0) is 31.2 Å². The lowest BCUT2D eigenvalue weighted by Crippen LogP contribution is -2.25. The van der Waals surface area contributed by atoms with Gasteiger partial charge >= 0.3 is 5.97 Å². The van der Waals surface area contributed by atoms with Crippen LogP contribution in [0.4, 0.5) is 4.39 Å². The topological polar surface area (TPSA) is 81.4 Å². The first-order chi connectivity index (χ1) is 10.6. The molecule has 0 saturated heterocycles. The Hall–Kier alpha value is -2.70. The fourth-order valence-electron chi connectivity index (χ4n) is 1.73. The Morgan fingerprint density at radius 1 is 1.32 bits per heavy atom. The van der Waals surface area contributed by atoms with Crippen molar-refractivity contribution < 1.29 is 23.2 Å². The van der Waals surface area contributed by atoms with Gasteiger partial charge in [-0.25, -0.2) is 9.18 Å². The molecule has 6 nitrogen and oxygen atoms in total. The quantitative estimate of drug-likeness (QED) is 0.825. The zero-order valence-corrected chi connectivity index (χ0v) is 12.0. The summed E-state index contributed by atoms with van der Waals surface area (Å²) in [5.41, 5.74) is 0.466. The van der Waals surface area contributed by atoms with Crippen molar-refractivity contribution in [2.75, 3.05) is 13.2 Å². The molecule has 0 atom stereocenters. The number of ether oxygens (including phenoxy) is 1. The average molecular weight is 306 g/mol. The van der Waals surface area contributed by atoms with Crippen LogP contribution >= 0.6 is 0 Å². The Kier molecular flexibility index (Phi) is 5.24. The number of hydrogen-bond acceptors (Lipinski definition) is 5. The van der Waals surface area contributed by atoms with Crippen LogP contribution in [-0.4, -0.2) is 30.2 Å². The molecule has 7 heteroatoms. The molecule has 1 N–H and O–H groups in total. The van der Waals surface area contributed by atoms with Crippen molar-refractivity contribution in [1.82, 2.24) is 10.5 Å². The van der Waals surface area contributed by atoms with Crippen LogP contribution in [0.15, 0.2) is 34.9 Å². The molecule has 2 rings (SSSR count). The zero-order valence-electron chi connectivity index (χ0n) is 12.0. The van der Waals surface area contributed by atoms with E-state index in [1.807, 2.05) is 0 Å². The van der Waals surface area contributed by atoms with Crippen LogP contribution in [0.5, 0.6) is 0 Å². The molecule has 0 spiro atoms. The maximum atomic E-state index is 12.8. The highest BCUT2D eigenvalue weighted by Crippen LogP contribution is 2.06. The number of nitrogens with one attached hydrogen (secondary N) is 1. The Bertz CT molecular complexity index is 652. The normalized spacial score (nSPS) is 10.3. The van der Waals surface area contributed by atoms with E-state index in [4.69, 9.17) is 9.26 Å². The molecule has 2 aromatic rings. The lowest BCUT2D eigenvalue weighted by molar-refractivity contribution is 0.0514. The van der Waals surface area contributed by atoms with Crippen molar-refractivity contribution in [3.05, 3.63) is 53.2 Å². The molecule has 0 aliphatic heterocycles. The smallest absolute Gasteiger partial charge is 0.360 e. The number of rotatable bonds is 6. The minimum Gasteiger partial charge on any atom is -0.461 e. The van der Waals surface area contributed by atoms with E-state index < -0.39 is 11.8 Å². The first kappa shape index (κ1) is 15.7. The summed E-state index contributed by atoms with van der Waals surface area (Å²) in [4.78, 5) is 23.2. The molecular weight excluding hydrogens is 291 g/mol. The first-order valence-electron chi connectivity index (χ1n) is 6.76. The Morgan fingerprint density at radius 3 is 2.73 bits per heavy atom. The molecule has 0 saturated carbocycles. The van der Waals surface area contributed by atoms with Crippen molar-refractivity contribution in [2.45, 2.75) is 13.3 Å². The largest absolute Gasteiger partial charge is 0.461 e. The van der Waals surface area contributed by atoms with E-state index in [0.29, 0.717) is 24.3 Å². The number of amides is 1. The van der Waals surface area contributed by atoms with Gasteiger partial charge in [0.05, 0.1) is 6.61 Å². The molecule has 0 aliphatic rings. The van der Waals surface area contributed by atoms with Gasteiger partial charge in [0, 0.05) is 24.6 Å². The number of carbonyl (C=O) groups is 2. The second-order valence-electron chi connectivity index (χ2n) is 4.41. The van der Waals surface area contributed by atoms with Crippen LogP contribution in [-0.2, 0) is 11.2 Å². The van der Waals surface area contributed by atoms with Gasteiger partial charge in [0.15, 0.2) is 5.69 Å². The summed E-state index contributed by atoms with van der Waals surface area (Å²) in [5, 5.41) is 6.26. The lowest BCUT2D eigenvalue weighted by Gasteiger charge is -2.03. The molecule has 116 valence electrons. The zero-order chi connectivity index (χ0) is 15.9. The van der Waals surface area contributed by atoms with Crippen molar-refractivity contribution >= 4 is 11.9 Å². The second-order valence-corrected chi connectivity index (χ2v) is 4.41. The summed E-state index contributed by atoms with van der Waals surface area (Å²) in [6, 6.07) is 6.71. The molecule has 0 bridgehead atoms. The minimum atomic E-state index is -0.548. The summed E-state index contributed by atoms with van der Waals surface area (Å²) in [6.45, 7) is 2.26. The lowest BCUT2D eigenvalue weighted by atomic mass is 10.2. The standard InChI is InChI=1S/C15H15FN2O4/c1-2-21-15(20)13-9-12(22-18-13)7-8-17-14(19)10-3-5-11(16)6-4-10/h3-6,9H,2,7-8H2,1H3,(H,17,19). The van der Waals surface area contributed by atoms with Gasteiger partial charge in [-0.15, -0.1) is 0 Å². The minimum absolute atomic E-state index is 0.0988. The summed E-state index contributed by atoms with van der Waals surface area (Å²) in [5.74, 6) is -0.801. The first-order valence-corrected chi connectivity index (χ1v) is 6.76. The third-order valence-corrected chi connectivity index (χ3v) is 2.81. The highest BCUT2D eigenvalue weighted by atomic mass is 19.1. The van der Waals surface area contributed by atoms with Crippen molar-refractivity contribution in [3.8, 4) is 0 Å². The van der Waals surface area contributed by atoms with Crippen molar-refractivity contribution in [1.29, 1.82) is 0 Å². The molecule has 0 aliphatic carbocycles. The van der Waals surface area contributed by atoms with Crippen LogP contribution in [0.3, 0.4) is 0 Å². The van der Waals surface area contributed by atoms with Gasteiger partial charge in [-0.2, -0.15) is 0 Å². The van der Waals surface area contributed by atoms with Gasteiger partial charge in [-0.3, -0.25) is 4.79 Å². The highest BCUT2D eigenvalue weighted by Gasteiger charge is 2.13. The molecule has 22 heavy (non-hydrogen) atoms. The molecule has 1 aromatic carbocycles. The Morgan fingerprint density at radius 2 is 2.05 bits per heavy atom. The van der Waals surface area contributed by atoms with Crippen LogP contribution in [0.1, 0.15) is 33.5 Å². The summed E-state index contributed by atoms with van der Waals surface area (Å²) in [7, 11) is 0. The molecule has 0 fully saturated rings. The molecule has 1 heterocycles. The Balaban J connectivity index is 1.82. The van der Waals surface area contributed by atoms with Gasteiger partial charge in [0.1, 0.15) is 11.6 Å². The predicted octanol–water partition coefficient (Wildman–Crippen LogP) is 1.96. The number of benzene rings is 1. The van der Waals surface area contributed by atoms with Crippen LogP contribution in [0.25, 0.3) is 0 Å². The molecule has 1 amide bonds. The maximum Gasteiger partial charge on any atom is 0.360 e. The fraction of sp³-hybridized carbons (Fsp3) is 0.267. The number of esters is 1. The van der Waals surface area contributed by atoms with Crippen LogP contribution in [0.2, 0.25) is 0 Å². The van der Waals surface area contributed by atoms with Crippen LogP contribution < -0.4 is 5.32 Å². The third-order valence-electron chi connectivity index (χ3n) is 2.81. The van der Waals surface area contributed by atoms with E-state index in [1.165, 1.54) is 30.3 Å². The Labute approximate surface area is 126 Å². The molecule has 0 radical (unpaired) electrons. The monoisotopic (exact) mass is 306 g/mol. The van der Waals surface area contributed by atoms with Gasteiger partial charge < -0.3 is 14.6 Å². The predicted molar refractivity (Wildman–Crippen MR) is 74.9 cm³/mol. The van der Waals surface area contributed by atoms with E-state index in [0.717, 1.165) is 0 Å². The van der Waals surface area contributed by atoms with Crippen molar-refractivity contribution in [3.63, 3.8) is 0 Å². The highest BCUT2D eigenvalue weighted by molar-refractivity contribution is 5.94. The molecule has 1 aromatic heterocycles. The average Bonchev–Trinajstić information content (AvgIpc) is 2.97. The van der Waals surface area contributed by atoms with Gasteiger partial charge in [0.25, 0.3) is 5.91 Å². The number of hydrogen-bond donors (Lipinski definition) is 1. The van der Waals surface area contributed by atoms with Crippen molar-refractivity contribution in [2.24, 2.45) is 0 Å². The van der Waals surface area contributed by atoms with Gasteiger partial charge in [0.2, 0.25) is 0 Å². The fourth-order valence-corrected chi connectivity index (χ4v) is 1.73. The molecular formula is C15H15FN2O4. The number of aromatic nitrogens is 1. The SMILES string of the molecule is CCOC(=O)c1cc(CCNC(=O)c2ccc(F)cc2)on1. The third kappa shape index (κ3) is 4.15. The number of carbonyl (C=O) groups excluding carboxylic acids is 2. The number of nitrogens with zero attached hydrogens (tertiary/aromatic N) is 1.